The number of pyridine rings is 1. The Labute approximate surface area is 104 Å². The average molecular weight is 248 g/mol. The minimum Gasteiger partial charge on any atom is -0.329 e. The van der Waals surface area contributed by atoms with Crippen molar-refractivity contribution < 1.29 is 4.39 Å². The van der Waals surface area contributed by atoms with Gasteiger partial charge in [0.15, 0.2) is 0 Å². The Balaban J connectivity index is 2.14. The average Bonchev–Trinajstić information content (AvgIpc) is 2.38. The summed E-state index contributed by atoms with van der Waals surface area (Å²) < 4.78 is 12.8. The van der Waals surface area contributed by atoms with Crippen LogP contribution in [-0.2, 0) is 0 Å². The first-order valence-corrected chi connectivity index (χ1v) is 6.20. The first-order valence-electron chi connectivity index (χ1n) is 5.32. The topological polar surface area (TPSA) is 38.9 Å². The lowest BCUT2D eigenvalue weighted by Crippen LogP contribution is -2.09. The number of hydrogen-bond donors (Lipinski definition) is 1. The van der Waals surface area contributed by atoms with Crippen molar-refractivity contribution in [2.45, 2.75) is 10.1 Å². The maximum absolute atomic E-state index is 12.8. The largest absolute Gasteiger partial charge is 0.329 e. The molecule has 0 radical (unpaired) electrons. The van der Waals surface area contributed by atoms with Crippen LogP contribution in [0.25, 0.3) is 0 Å². The van der Waals surface area contributed by atoms with E-state index >= 15 is 0 Å². The van der Waals surface area contributed by atoms with Gasteiger partial charge in [-0.15, -0.1) is 11.8 Å². The number of benzene rings is 1. The minimum atomic E-state index is -0.224. The number of rotatable bonds is 4. The maximum Gasteiger partial charge on any atom is 0.123 e. The molecule has 88 valence electrons. The van der Waals surface area contributed by atoms with E-state index in [1.165, 1.54) is 12.1 Å². The normalized spacial score (nSPS) is 12.4. The second-order valence-corrected chi connectivity index (χ2v) is 4.85. The molecule has 1 atom stereocenters. The number of nitrogens with zero attached hydrogens (tertiary/aromatic N) is 1. The van der Waals surface area contributed by atoms with Crippen LogP contribution in [-0.4, -0.2) is 11.5 Å². The number of nitrogens with two attached hydrogens (primary N) is 1. The molecule has 1 aromatic heterocycles. The summed E-state index contributed by atoms with van der Waals surface area (Å²) in [5, 5.41) is 0.137. The quantitative estimate of drug-likeness (QED) is 0.845. The molecular formula is C13H13FN2S. The lowest BCUT2D eigenvalue weighted by atomic mass is 10.1. The second-order valence-electron chi connectivity index (χ2n) is 3.58. The van der Waals surface area contributed by atoms with E-state index < -0.39 is 0 Å². The monoisotopic (exact) mass is 248 g/mol. The van der Waals surface area contributed by atoms with Gasteiger partial charge in [0.2, 0.25) is 0 Å². The van der Waals surface area contributed by atoms with Crippen molar-refractivity contribution in [2.24, 2.45) is 5.73 Å². The SMILES string of the molecule is NCC(Sc1ccncc1)c1ccc(F)cc1. The Hall–Kier alpha value is -1.39. The van der Waals surface area contributed by atoms with Gasteiger partial charge in [0.1, 0.15) is 5.82 Å². The van der Waals surface area contributed by atoms with E-state index in [-0.39, 0.29) is 11.1 Å². The molecule has 0 saturated carbocycles. The van der Waals surface area contributed by atoms with Gasteiger partial charge in [0.25, 0.3) is 0 Å². The predicted octanol–water partition coefficient (Wildman–Crippen LogP) is 3.01. The number of aromatic nitrogens is 1. The molecule has 0 fully saturated rings. The zero-order valence-corrected chi connectivity index (χ0v) is 10.0. The smallest absolute Gasteiger partial charge is 0.123 e. The van der Waals surface area contributed by atoms with E-state index in [1.807, 2.05) is 12.1 Å². The molecule has 17 heavy (non-hydrogen) atoms. The van der Waals surface area contributed by atoms with Gasteiger partial charge in [-0.25, -0.2) is 4.39 Å². The highest BCUT2D eigenvalue weighted by molar-refractivity contribution is 7.99. The highest BCUT2D eigenvalue weighted by Gasteiger charge is 2.11. The summed E-state index contributed by atoms with van der Waals surface area (Å²) in [6, 6.07) is 10.4. The Morgan fingerprint density at radius 1 is 1.12 bits per heavy atom. The molecule has 1 heterocycles. The van der Waals surface area contributed by atoms with E-state index in [9.17, 15) is 4.39 Å². The van der Waals surface area contributed by atoms with Crippen LogP contribution < -0.4 is 5.73 Å². The summed E-state index contributed by atoms with van der Waals surface area (Å²) in [5.74, 6) is -0.224. The summed E-state index contributed by atoms with van der Waals surface area (Å²) in [6.45, 7) is 0.513. The van der Waals surface area contributed by atoms with Crippen molar-refractivity contribution in [3.8, 4) is 0 Å². The van der Waals surface area contributed by atoms with E-state index in [4.69, 9.17) is 5.73 Å². The van der Waals surface area contributed by atoms with Gasteiger partial charge in [0.05, 0.1) is 0 Å². The number of hydrogen-bond acceptors (Lipinski definition) is 3. The lowest BCUT2D eigenvalue weighted by Gasteiger charge is -2.14. The summed E-state index contributed by atoms with van der Waals surface area (Å²) in [6.07, 6.45) is 3.50. The zero-order valence-electron chi connectivity index (χ0n) is 9.21. The Kier molecular flexibility index (Phi) is 4.12. The molecule has 1 aromatic carbocycles. The lowest BCUT2D eigenvalue weighted by molar-refractivity contribution is 0.627. The third kappa shape index (κ3) is 3.28. The third-order valence-electron chi connectivity index (χ3n) is 2.38. The van der Waals surface area contributed by atoms with Crippen molar-refractivity contribution in [1.29, 1.82) is 0 Å². The van der Waals surface area contributed by atoms with Crippen molar-refractivity contribution >= 4 is 11.8 Å². The van der Waals surface area contributed by atoms with Crippen LogP contribution in [0.5, 0.6) is 0 Å². The molecule has 0 saturated heterocycles. The fraction of sp³-hybridized carbons (Fsp3) is 0.154. The maximum atomic E-state index is 12.8. The molecule has 2 aromatic rings. The molecule has 0 bridgehead atoms. The molecular weight excluding hydrogens is 235 g/mol. The van der Waals surface area contributed by atoms with Crippen LogP contribution in [0.4, 0.5) is 4.39 Å². The zero-order chi connectivity index (χ0) is 12.1. The summed E-state index contributed by atoms with van der Waals surface area (Å²) in [4.78, 5) is 5.08. The Morgan fingerprint density at radius 2 is 1.76 bits per heavy atom. The van der Waals surface area contributed by atoms with E-state index in [0.717, 1.165) is 10.5 Å². The molecule has 2 rings (SSSR count). The highest BCUT2D eigenvalue weighted by atomic mass is 32.2. The van der Waals surface area contributed by atoms with Gasteiger partial charge in [0, 0.05) is 29.1 Å². The van der Waals surface area contributed by atoms with E-state index in [2.05, 4.69) is 4.98 Å². The van der Waals surface area contributed by atoms with Gasteiger partial charge in [-0.1, -0.05) is 12.1 Å². The molecule has 4 heteroatoms. The fourth-order valence-electron chi connectivity index (χ4n) is 1.51. The van der Waals surface area contributed by atoms with E-state index in [1.54, 1.807) is 36.3 Å². The summed E-state index contributed by atoms with van der Waals surface area (Å²) in [5.41, 5.74) is 6.80. The minimum absolute atomic E-state index is 0.137. The molecule has 2 N–H and O–H groups in total. The molecule has 0 aliphatic heterocycles. The molecule has 0 spiro atoms. The van der Waals surface area contributed by atoms with Crippen molar-refractivity contribution in [3.63, 3.8) is 0 Å². The van der Waals surface area contributed by atoms with Crippen molar-refractivity contribution in [2.75, 3.05) is 6.54 Å². The Morgan fingerprint density at radius 3 is 2.35 bits per heavy atom. The molecule has 0 aliphatic carbocycles. The van der Waals surface area contributed by atoms with E-state index in [0.29, 0.717) is 6.54 Å². The molecule has 1 unspecified atom stereocenters. The van der Waals surface area contributed by atoms with Crippen LogP contribution in [0.1, 0.15) is 10.8 Å². The summed E-state index contributed by atoms with van der Waals surface area (Å²) in [7, 11) is 0. The predicted molar refractivity (Wildman–Crippen MR) is 68.3 cm³/mol. The van der Waals surface area contributed by atoms with Gasteiger partial charge in [-0.05, 0) is 29.8 Å². The standard InChI is InChI=1S/C13H13FN2S/c14-11-3-1-10(2-4-11)13(9-15)17-12-5-7-16-8-6-12/h1-8,13H,9,15H2. The second kappa shape index (κ2) is 5.80. The van der Waals surface area contributed by atoms with Gasteiger partial charge >= 0.3 is 0 Å². The first kappa shape index (κ1) is 12.1. The van der Waals surface area contributed by atoms with Gasteiger partial charge in [-0.3, -0.25) is 4.98 Å². The van der Waals surface area contributed by atoms with Crippen LogP contribution in [0.2, 0.25) is 0 Å². The highest BCUT2D eigenvalue weighted by Crippen LogP contribution is 2.33. The molecule has 0 aliphatic rings. The van der Waals surface area contributed by atoms with Gasteiger partial charge in [-0.2, -0.15) is 0 Å². The van der Waals surface area contributed by atoms with Crippen LogP contribution in [0.15, 0.2) is 53.7 Å². The fourth-order valence-corrected chi connectivity index (χ4v) is 2.51. The summed E-state index contributed by atoms with van der Waals surface area (Å²) >= 11 is 1.66. The van der Waals surface area contributed by atoms with Crippen molar-refractivity contribution in [3.05, 3.63) is 60.2 Å². The van der Waals surface area contributed by atoms with Crippen molar-refractivity contribution in [1.82, 2.24) is 4.98 Å². The first-order chi connectivity index (χ1) is 8.29. The molecule has 2 nitrogen and oxygen atoms in total. The van der Waals surface area contributed by atoms with Crippen LogP contribution >= 0.6 is 11.8 Å². The molecule has 0 amide bonds. The third-order valence-corrected chi connectivity index (χ3v) is 3.68. The van der Waals surface area contributed by atoms with Crippen LogP contribution in [0, 0.1) is 5.82 Å². The van der Waals surface area contributed by atoms with Gasteiger partial charge < -0.3 is 5.73 Å². The number of halogens is 1. The van der Waals surface area contributed by atoms with Crippen LogP contribution in [0.3, 0.4) is 0 Å². The number of thioether (sulfide) groups is 1. The Bertz CT molecular complexity index is 459.